The minimum atomic E-state index is 0.734. The highest BCUT2D eigenvalue weighted by atomic mass is 16.5. The Labute approximate surface area is 173 Å². The van der Waals surface area contributed by atoms with E-state index in [1.165, 1.54) is 0 Å². The molecule has 4 nitrogen and oxygen atoms in total. The van der Waals surface area contributed by atoms with E-state index in [9.17, 15) is 0 Å². The summed E-state index contributed by atoms with van der Waals surface area (Å²) < 4.78 is 11.5. The normalized spacial score (nSPS) is 10.9. The summed E-state index contributed by atoms with van der Waals surface area (Å²) in [5.74, 6) is 1.78. The Balaban J connectivity index is 1.26. The minimum Gasteiger partial charge on any atom is -0.494 e. The van der Waals surface area contributed by atoms with Crippen molar-refractivity contribution in [3.63, 3.8) is 0 Å². The van der Waals surface area contributed by atoms with Crippen molar-refractivity contribution in [2.45, 2.75) is 25.7 Å². The van der Waals surface area contributed by atoms with E-state index in [1.54, 1.807) is 6.20 Å². The average Bonchev–Trinajstić information content (AvgIpc) is 2.77. The summed E-state index contributed by atoms with van der Waals surface area (Å²) in [6, 6.07) is 21.6. The summed E-state index contributed by atoms with van der Waals surface area (Å²) in [7, 11) is 0. The van der Waals surface area contributed by atoms with Gasteiger partial charge < -0.3 is 15.2 Å². The first-order valence-corrected chi connectivity index (χ1v) is 10.1. The molecule has 0 fully saturated rings. The van der Waals surface area contributed by atoms with Gasteiger partial charge in [-0.1, -0.05) is 24.3 Å². The van der Waals surface area contributed by atoms with Crippen molar-refractivity contribution in [2.24, 2.45) is 0 Å². The molecule has 0 amide bonds. The summed E-state index contributed by atoms with van der Waals surface area (Å²) in [5, 5.41) is 0. The van der Waals surface area contributed by atoms with Gasteiger partial charge in [0.05, 0.1) is 18.9 Å². The summed E-state index contributed by atoms with van der Waals surface area (Å²) in [5.41, 5.74) is 8.50. The fraction of sp³-hybridized carbons (Fsp3) is 0.240. The molecule has 0 unspecified atom stereocenters. The molecule has 0 aliphatic carbocycles. The van der Waals surface area contributed by atoms with Crippen LogP contribution in [0.15, 0.2) is 72.9 Å². The molecule has 0 bridgehead atoms. The second kappa shape index (κ2) is 11.5. The molecule has 2 N–H and O–H groups in total. The lowest BCUT2D eigenvalue weighted by atomic mass is 10.2. The van der Waals surface area contributed by atoms with Crippen LogP contribution in [0.25, 0.3) is 12.2 Å². The number of pyridine rings is 1. The molecule has 0 atom stereocenters. The van der Waals surface area contributed by atoms with Gasteiger partial charge in [0, 0.05) is 11.9 Å². The fourth-order valence-corrected chi connectivity index (χ4v) is 2.83. The number of hydrogen-bond donors (Lipinski definition) is 1. The Hall–Kier alpha value is -3.27. The third-order valence-electron chi connectivity index (χ3n) is 4.47. The number of hydrogen-bond acceptors (Lipinski definition) is 4. The Morgan fingerprint density at radius 2 is 1.31 bits per heavy atom. The maximum atomic E-state index is 5.83. The number of nitrogens with two attached hydrogens (primary N) is 1. The van der Waals surface area contributed by atoms with E-state index in [-0.39, 0.29) is 0 Å². The molecule has 29 heavy (non-hydrogen) atoms. The molecule has 0 saturated carbocycles. The SMILES string of the molecule is Nc1ccc(OCCCCCCOc2ccc(/C=C/c3ccccn3)cc2)cc1. The highest BCUT2D eigenvalue weighted by Crippen LogP contribution is 2.16. The average molecular weight is 389 g/mol. The molecular formula is C25H28N2O2. The zero-order chi connectivity index (χ0) is 20.2. The number of aromatic nitrogens is 1. The van der Waals surface area contributed by atoms with Gasteiger partial charge in [0.15, 0.2) is 0 Å². The predicted octanol–water partition coefficient (Wildman–Crippen LogP) is 5.85. The Bertz CT molecular complexity index is 860. The Kier molecular flexibility index (Phi) is 8.15. The van der Waals surface area contributed by atoms with Gasteiger partial charge in [0.1, 0.15) is 11.5 Å². The van der Waals surface area contributed by atoms with Gasteiger partial charge >= 0.3 is 0 Å². The monoisotopic (exact) mass is 388 g/mol. The van der Waals surface area contributed by atoms with E-state index >= 15 is 0 Å². The Morgan fingerprint density at radius 1 is 0.690 bits per heavy atom. The molecule has 4 heteroatoms. The molecule has 0 aliphatic heterocycles. The van der Waals surface area contributed by atoms with E-state index in [4.69, 9.17) is 15.2 Å². The van der Waals surface area contributed by atoms with Crippen molar-refractivity contribution >= 4 is 17.8 Å². The molecule has 0 saturated heterocycles. The quantitative estimate of drug-likeness (QED) is 0.330. The van der Waals surface area contributed by atoms with E-state index < -0.39 is 0 Å². The van der Waals surface area contributed by atoms with Crippen LogP contribution in [0.1, 0.15) is 36.9 Å². The second-order valence-electron chi connectivity index (χ2n) is 6.84. The number of benzene rings is 2. The molecule has 150 valence electrons. The molecule has 3 rings (SSSR count). The lowest BCUT2D eigenvalue weighted by Gasteiger charge is -2.08. The third kappa shape index (κ3) is 7.70. The van der Waals surface area contributed by atoms with E-state index in [0.29, 0.717) is 0 Å². The smallest absolute Gasteiger partial charge is 0.119 e. The van der Waals surface area contributed by atoms with Crippen LogP contribution in [0.3, 0.4) is 0 Å². The van der Waals surface area contributed by atoms with Crippen molar-refractivity contribution in [1.82, 2.24) is 4.98 Å². The maximum Gasteiger partial charge on any atom is 0.119 e. The second-order valence-corrected chi connectivity index (χ2v) is 6.84. The van der Waals surface area contributed by atoms with Crippen molar-refractivity contribution in [2.75, 3.05) is 18.9 Å². The van der Waals surface area contributed by atoms with Crippen LogP contribution in [-0.2, 0) is 0 Å². The lowest BCUT2D eigenvalue weighted by molar-refractivity contribution is 0.287. The van der Waals surface area contributed by atoms with Crippen molar-refractivity contribution in [1.29, 1.82) is 0 Å². The van der Waals surface area contributed by atoms with Crippen LogP contribution >= 0.6 is 0 Å². The van der Waals surface area contributed by atoms with Gasteiger partial charge in [0.25, 0.3) is 0 Å². The molecule has 3 aromatic rings. The summed E-state index contributed by atoms with van der Waals surface area (Å²) >= 11 is 0. The minimum absolute atomic E-state index is 0.734. The molecule has 1 aromatic heterocycles. The van der Waals surface area contributed by atoms with E-state index in [2.05, 4.69) is 23.2 Å². The van der Waals surface area contributed by atoms with Crippen molar-refractivity contribution in [3.05, 3.63) is 84.2 Å². The number of rotatable bonds is 11. The first-order valence-electron chi connectivity index (χ1n) is 10.1. The van der Waals surface area contributed by atoms with Gasteiger partial charge in [-0.3, -0.25) is 4.98 Å². The molecular weight excluding hydrogens is 360 g/mol. The van der Waals surface area contributed by atoms with E-state index in [1.807, 2.05) is 60.7 Å². The van der Waals surface area contributed by atoms with Gasteiger partial charge in [0.2, 0.25) is 0 Å². The van der Waals surface area contributed by atoms with Crippen LogP contribution < -0.4 is 15.2 Å². The van der Waals surface area contributed by atoms with Crippen LogP contribution in [0, 0.1) is 0 Å². The highest BCUT2D eigenvalue weighted by Gasteiger charge is 1.97. The highest BCUT2D eigenvalue weighted by molar-refractivity contribution is 5.68. The van der Waals surface area contributed by atoms with Gasteiger partial charge in [-0.15, -0.1) is 0 Å². The number of ether oxygens (including phenoxy) is 2. The Morgan fingerprint density at radius 3 is 1.90 bits per heavy atom. The van der Waals surface area contributed by atoms with E-state index in [0.717, 1.165) is 67.3 Å². The largest absolute Gasteiger partial charge is 0.494 e. The standard InChI is InChI=1S/C25H28N2O2/c26-22-11-16-25(17-12-22)29-20-6-2-1-5-19-28-24-14-9-21(10-15-24)8-13-23-7-3-4-18-27-23/h3-4,7-18H,1-2,5-6,19-20,26H2/b13-8+. The lowest BCUT2D eigenvalue weighted by Crippen LogP contribution is -2.00. The zero-order valence-electron chi connectivity index (χ0n) is 16.7. The van der Waals surface area contributed by atoms with Crippen molar-refractivity contribution < 1.29 is 9.47 Å². The number of unbranched alkanes of at least 4 members (excludes halogenated alkanes) is 3. The third-order valence-corrected chi connectivity index (χ3v) is 4.47. The van der Waals surface area contributed by atoms with Gasteiger partial charge in [-0.25, -0.2) is 0 Å². The van der Waals surface area contributed by atoms with Crippen molar-refractivity contribution in [3.8, 4) is 11.5 Å². The van der Waals surface area contributed by atoms with Crippen LogP contribution in [0.2, 0.25) is 0 Å². The summed E-state index contributed by atoms with van der Waals surface area (Å²) in [4.78, 5) is 4.28. The predicted molar refractivity (Wildman–Crippen MR) is 120 cm³/mol. The summed E-state index contributed by atoms with van der Waals surface area (Å²) in [6.07, 6.45) is 10.2. The first-order chi connectivity index (χ1) is 14.3. The molecule has 0 aliphatic rings. The molecule has 1 heterocycles. The summed E-state index contributed by atoms with van der Waals surface area (Å²) in [6.45, 7) is 1.47. The van der Waals surface area contributed by atoms with Gasteiger partial charge in [-0.05, 0) is 85.9 Å². The van der Waals surface area contributed by atoms with Crippen LogP contribution in [0.4, 0.5) is 5.69 Å². The first kappa shape index (κ1) is 20.5. The maximum absolute atomic E-state index is 5.83. The molecule has 0 radical (unpaired) electrons. The van der Waals surface area contributed by atoms with Gasteiger partial charge in [-0.2, -0.15) is 0 Å². The number of nitrogens with zero attached hydrogens (tertiary/aromatic N) is 1. The number of anilines is 1. The topological polar surface area (TPSA) is 57.4 Å². The van der Waals surface area contributed by atoms with Crippen LogP contribution in [-0.4, -0.2) is 18.2 Å². The van der Waals surface area contributed by atoms with Crippen LogP contribution in [0.5, 0.6) is 11.5 Å². The zero-order valence-corrected chi connectivity index (χ0v) is 16.7. The molecule has 0 spiro atoms. The fourth-order valence-electron chi connectivity index (χ4n) is 2.83. The molecule has 2 aromatic carbocycles. The number of nitrogen functional groups attached to an aromatic ring is 1.